The lowest BCUT2D eigenvalue weighted by Crippen LogP contribution is -2.05. The Morgan fingerprint density at radius 2 is 1.79 bits per heavy atom. The summed E-state index contributed by atoms with van der Waals surface area (Å²) in [5.74, 6) is 0.942. The topological polar surface area (TPSA) is 25.2 Å². The van der Waals surface area contributed by atoms with Crippen molar-refractivity contribution in [2.75, 3.05) is 5.32 Å². The first kappa shape index (κ1) is 12.3. The molecule has 3 heteroatoms. The summed E-state index contributed by atoms with van der Waals surface area (Å²) < 4.78 is 6.92. The molecule has 2 nitrogen and oxygen atoms in total. The highest BCUT2D eigenvalue weighted by Gasteiger charge is 2.12. The highest BCUT2D eigenvalue weighted by molar-refractivity contribution is 9.10. The van der Waals surface area contributed by atoms with Crippen LogP contribution >= 0.6 is 15.9 Å². The van der Waals surface area contributed by atoms with Crippen LogP contribution in [0.3, 0.4) is 0 Å². The van der Waals surface area contributed by atoms with Crippen LogP contribution in [0.1, 0.15) is 18.7 Å². The number of furan rings is 1. The van der Waals surface area contributed by atoms with E-state index in [1.54, 1.807) is 0 Å². The largest absolute Gasteiger partial charge is 0.459 e. The maximum atomic E-state index is 5.86. The Morgan fingerprint density at radius 1 is 1.05 bits per heavy atom. The first-order chi connectivity index (χ1) is 9.24. The van der Waals surface area contributed by atoms with Crippen LogP contribution in [0.5, 0.6) is 0 Å². The molecule has 0 aliphatic carbocycles. The number of anilines is 1. The van der Waals surface area contributed by atoms with Crippen molar-refractivity contribution in [3.63, 3.8) is 0 Å². The third kappa shape index (κ3) is 2.51. The van der Waals surface area contributed by atoms with E-state index in [4.69, 9.17) is 4.42 Å². The van der Waals surface area contributed by atoms with E-state index in [1.165, 1.54) is 0 Å². The monoisotopic (exact) mass is 315 g/mol. The first-order valence-electron chi connectivity index (χ1n) is 6.23. The Balaban J connectivity index is 1.87. The highest BCUT2D eigenvalue weighted by atomic mass is 79.9. The van der Waals surface area contributed by atoms with Gasteiger partial charge in [-0.1, -0.05) is 30.3 Å². The summed E-state index contributed by atoms with van der Waals surface area (Å²) in [4.78, 5) is 0. The molecular weight excluding hydrogens is 302 g/mol. The normalized spacial score (nSPS) is 12.5. The van der Waals surface area contributed by atoms with Gasteiger partial charge in [0.05, 0.1) is 6.04 Å². The molecule has 0 spiro atoms. The molecule has 0 radical (unpaired) electrons. The summed E-state index contributed by atoms with van der Waals surface area (Å²) >= 11 is 3.54. The Morgan fingerprint density at radius 3 is 2.58 bits per heavy atom. The van der Waals surface area contributed by atoms with E-state index in [0.717, 1.165) is 26.9 Å². The van der Waals surface area contributed by atoms with Gasteiger partial charge in [-0.2, -0.15) is 0 Å². The number of benzene rings is 2. The van der Waals surface area contributed by atoms with E-state index in [-0.39, 0.29) is 6.04 Å². The molecule has 1 unspecified atom stereocenters. The van der Waals surface area contributed by atoms with Crippen molar-refractivity contribution < 1.29 is 4.42 Å². The number of nitrogens with one attached hydrogen (secondary N) is 1. The van der Waals surface area contributed by atoms with Crippen molar-refractivity contribution in [3.8, 4) is 0 Å². The van der Waals surface area contributed by atoms with E-state index in [9.17, 15) is 0 Å². The van der Waals surface area contributed by atoms with Crippen LogP contribution in [0.4, 0.5) is 5.69 Å². The average molecular weight is 316 g/mol. The molecule has 1 aromatic heterocycles. The van der Waals surface area contributed by atoms with Gasteiger partial charge in [0.2, 0.25) is 0 Å². The van der Waals surface area contributed by atoms with E-state index >= 15 is 0 Å². The average Bonchev–Trinajstić information content (AvgIpc) is 2.85. The van der Waals surface area contributed by atoms with Crippen LogP contribution < -0.4 is 5.32 Å². The zero-order valence-corrected chi connectivity index (χ0v) is 12.1. The molecule has 0 aliphatic heterocycles. The first-order valence-corrected chi connectivity index (χ1v) is 7.03. The molecule has 1 heterocycles. The number of para-hydroxylation sites is 2. The molecule has 1 N–H and O–H groups in total. The van der Waals surface area contributed by atoms with Crippen LogP contribution in [-0.4, -0.2) is 0 Å². The highest BCUT2D eigenvalue weighted by Crippen LogP contribution is 2.29. The van der Waals surface area contributed by atoms with Crippen molar-refractivity contribution in [3.05, 3.63) is 64.8 Å². The Kier molecular flexibility index (Phi) is 3.30. The van der Waals surface area contributed by atoms with Crippen molar-refractivity contribution in [2.24, 2.45) is 0 Å². The number of hydrogen-bond acceptors (Lipinski definition) is 2. The number of hydrogen-bond donors (Lipinski definition) is 1. The maximum absolute atomic E-state index is 5.86. The number of fused-ring (bicyclic) bond motifs is 1. The minimum Gasteiger partial charge on any atom is -0.459 e. The lowest BCUT2D eigenvalue weighted by atomic mass is 10.2. The Hall–Kier alpha value is -1.74. The quantitative estimate of drug-likeness (QED) is 0.703. The zero-order valence-electron chi connectivity index (χ0n) is 10.6. The predicted molar refractivity (Wildman–Crippen MR) is 82.4 cm³/mol. The molecule has 0 aliphatic rings. The molecule has 0 bridgehead atoms. The van der Waals surface area contributed by atoms with Gasteiger partial charge in [0, 0.05) is 15.5 Å². The molecule has 3 rings (SSSR count). The fourth-order valence-corrected chi connectivity index (χ4v) is 2.50. The minimum absolute atomic E-state index is 0.117. The van der Waals surface area contributed by atoms with Gasteiger partial charge in [-0.15, -0.1) is 0 Å². The molecular formula is C16H14BrNO. The summed E-state index contributed by atoms with van der Waals surface area (Å²) in [5.41, 5.74) is 1.99. The van der Waals surface area contributed by atoms with Crippen molar-refractivity contribution in [2.45, 2.75) is 13.0 Å². The second kappa shape index (κ2) is 5.10. The molecule has 19 heavy (non-hydrogen) atoms. The predicted octanol–water partition coefficient (Wildman–Crippen LogP) is 5.37. The lowest BCUT2D eigenvalue weighted by Gasteiger charge is -2.14. The standard InChI is InChI=1S/C16H14BrNO/c1-11(18-14-8-4-3-7-13(14)17)16-10-12-6-2-5-9-15(12)19-16/h2-11,18H,1H3. The summed E-state index contributed by atoms with van der Waals surface area (Å²) in [6, 6.07) is 18.3. The van der Waals surface area contributed by atoms with Crippen molar-refractivity contribution in [1.29, 1.82) is 0 Å². The van der Waals surface area contributed by atoms with Gasteiger partial charge in [-0.3, -0.25) is 0 Å². The van der Waals surface area contributed by atoms with Crippen molar-refractivity contribution >= 4 is 32.6 Å². The van der Waals surface area contributed by atoms with Gasteiger partial charge in [-0.25, -0.2) is 0 Å². The molecule has 0 saturated heterocycles. The number of halogens is 1. The van der Waals surface area contributed by atoms with Crippen LogP contribution in [0.2, 0.25) is 0 Å². The van der Waals surface area contributed by atoms with Crippen LogP contribution in [0.15, 0.2) is 63.5 Å². The van der Waals surface area contributed by atoms with E-state index in [2.05, 4.69) is 40.3 Å². The third-order valence-electron chi connectivity index (χ3n) is 3.12. The summed E-state index contributed by atoms with van der Waals surface area (Å²) in [5, 5.41) is 4.58. The Labute approximate surface area is 120 Å². The minimum atomic E-state index is 0.117. The zero-order chi connectivity index (χ0) is 13.2. The van der Waals surface area contributed by atoms with E-state index in [1.807, 2.05) is 42.5 Å². The van der Waals surface area contributed by atoms with Crippen LogP contribution in [0.25, 0.3) is 11.0 Å². The van der Waals surface area contributed by atoms with Crippen molar-refractivity contribution in [1.82, 2.24) is 0 Å². The van der Waals surface area contributed by atoms with Gasteiger partial charge < -0.3 is 9.73 Å². The smallest absolute Gasteiger partial charge is 0.134 e. The molecule has 1 atom stereocenters. The van der Waals surface area contributed by atoms with Gasteiger partial charge in [-0.05, 0) is 47.1 Å². The second-order valence-electron chi connectivity index (χ2n) is 4.53. The van der Waals surface area contributed by atoms with Gasteiger partial charge in [0.25, 0.3) is 0 Å². The molecule has 0 fully saturated rings. The lowest BCUT2D eigenvalue weighted by molar-refractivity contribution is 0.526. The van der Waals surface area contributed by atoms with Gasteiger partial charge in [0.1, 0.15) is 11.3 Å². The fourth-order valence-electron chi connectivity index (χ4n) is 2.10. The maximum Gasteiger partial charge on any atom is 0.134 e. The van der Waals surface area contributed by atoms with Crippen LogP contribution in [0, 0.1) is 0 Å². The van der Waals surface area contributed by atoms with Gasteiger partial charge >= 0.3 is 0 Å². The third-order valence-corrected chi connectivity index (χ3v) is 3.81. The molecule has 3 aromatic rings. The van der Waals surface area contributed by atoms with Gasteiger partial charge in [0.15, 0.2) is 0 Å². The SMILES string of the molecule is CC(Nc1ccccc1Br)c1cc2ccccc2o1. The Bertz CT molecular complexity index is 672. The second-order valence-corrected chi connectivity index (χ2v) is 5.39. The van der Waals surface area contributed by atoms with Crippen LogP contribution in [-0.2, 0) is 0 Å². The fraction of sp³-hybridized carbons (Fsp3) is 0.125. The summed E-state index contributed by atoms with van der Waals surface area (Å²) in [6.45, 7) is 2.09. The molecule has 0 saturated carbocycles. The number of rotatable bonds is 3. The van der Waals surface area contributed by atoms with E-state index in [0.29, 0.717) is 0 Å². The molecule has 0 amide bonds. The summed E-state index contributed by atoms with van der Waals surface area (Å²) in [6.07, 6.45) is 0. The molecule has 96 valence electrons. The summed E-state index contributed by atoms with van der Waals surface area (Å²) in [7, 11) is 0. The van der Waals surface area contributed by atoms with E-state index < -0.39 is 0 Å². The molecule has 2 aromatic carbocycles.